The quantitative estimate of drug-likeness (QED) is 0.221. The minimum absolute atomic E-state index is 0.141. The van der Waals surface area contributed by atoms with Gasteiger partial charge in [-0.15, -0.1) is 0 Å². The predicted molar refractivity (Wildman–Crippen MR) is 164 cm³/mol. The van der Waals surface area contributed by atoms with E-state index in [4.69, 9.17) is 4.98 Å². The molecule has 0 fully saturated rings. The number of benzene rings is 3. The van der Waals surface area contributed by atoms with Gasteiger partial charge < -0.3 is 15.5 Å². The van der Waals surface area contributed by atoms with Crippen LogP contribution in [0.5, 0.6) is 0 Å². The summed E-state index contributed by atoms with van der Waals surface area (Å²) in [7, 11) is -3.78. The van der Waals surface area contributed by atoms with Crippen LogP contribution in [0.2, 0.25) is 0 Å². The van der Waals surface area contributed by atoms with Gasteiger partial charge in [0.2, 0.25) is 10.0 Å². The van der Waals surface area contributed by atoms with Crippen LogP contribution in [0.15, 0.2) is 91.0 Å². The van der Waals surface area contributed by atoms with Crippen LogP contribution < -0.4 is 20.3 Å². The monoisotopic (exact) mass is 571 g/mol. The first-order valence-corrected chi connectivity index (χ1v) is 15.1. The molecule has 0 aliphatic carbocycles. The molecular weight excluding hydrogens is 538 g/mol. The van der Waals surface area contributed by atoms with E-state index in [1.807, 2.05) is 66.2 Å². The van der Waals surface area contributed by atoms with Gasteiger partial charge in [0.05, 0.1) is 11.9 Å². The Morgan fingerprint density at radius 1 is 0.854 bits per heavy atom. The summed E-state index contributed by atoms with van der Waals surface area (Å²) >= 11 is 0. The number of nitrogens with zero attached hydrogens (tertiary/aromatic N) is 2. The van der Waals surface area contributed by atoms with Gasteiger partial charge >= 0.3 is 6.03 Å². The highest BCUT2D eigenvalue weighted by atomic mass is 32.2. The molecule has 0 spiro atoms. The summed E-state index contributed by atoms with van der Waals surface area (Å²) in [5.74, 6) is -0.172. The van der Waals surface area contributed by atoms with Crippen LogP contribution >= 0.6 is 0 Å². The molecule has 1 heterocycles. The lowest BCUT2D eigenvalue weighted by Gasteiger charge is -2.25. The van der Waals surface area contributed by atoms with Gasteiger partial charge in [0.25, 0.3) is 5.91 Å². The normalized spacial score (nSPS) is 11.0. The number of sulfonamides is 1. The van der Waals surface area contributed by atoms with Gasteiger partial charge in [-0.2, -0.15) is 0 Å². The molecule has 0 unspecified atom stereocenters. The third-order valence-corrected chi connectivity index (χ3v) is 6.69. The van der Waals surface area contributed by atoms with E-state index in [-0.39, 0.29) is 5.56 Å². The molecule has 3 N–H and O–H groups in total. The summed E-state index contributed by atoms with van der Waals surface area (Å²) in [6.07, 6.45) is 1.77. The lowest BCUT2D eigenvalue weighted by atomic mass is 10.0. The lowest BCUT2D eigenvalue weighted by Crippen LogP contribution is -2.29. The highest BCUT2D eigenvalue weighted by Gasteiger charge is 2.19. The first-order valence-electron chi connectivity index (χ1n) is 13.2. The Bertz CT molecular complexity index is 1620. The zero-order chi connectivity index (χ0) is 29.4. The molecule has 4 rings (SSSR count). The van der Waals surface area contributed by atoms with E-state index >= 15 is 0 Å². The van der Waals surface area contributed by atoms with Gasteiger partial charge in [0.15, 0.2) is 0 Å². The van der Waals surface area contributed by atoms with Crippen molar-refractivity contribution in [2.45, 2.75) is 26.8 Å². The lowest BCUT2D eigenvalue weighted by molar-refractivity contribution is 0.0982. The fourth-order valence-electron chi connectivity index (χ4n) is 4.29. The van der Waals surface area contributed by atoms with Crippen LogP contribution in [-0.4, -0.2) is 38.1 Å². The molecule has 1 aromatic heterocycles. The van der Waals surface area contributed by atoms with Crippen molar-refractivity contribution in [2.75, 3.05) is 28.3 Å². The molecule has 4 aromatic rings. The van der Waals surface area contributed by atoms with Crippen LogP contribution in [0.25, 0.3) is 11.3 Å². The largest absolute Gasteiger partial charge is 0.352 e. The third kappa shape index (κ3) is 8.39. The number of hydrogen-bond acceptors (Lipinski definition) is 6. The molecule has 0 bridgehead atoms. The summed E-state index contributed by atoms with van der Waals surface area (Å²) in [6.45, 7) is 5.31. The van der Waals surface area contributed by atoms with Crippen LogP contribution in [0, 0.1) is 6.92 Å². The summed E-state index contributed by atoms with van der Waals surface area (Å²) in [5, 5.41) is 5.72. The van der Waals surface area contributed by atoms with E-state index in [2.05, 4.69) is 22.5 Å². The number of urea groups is 1. The number of aryl methyl sites for hydroxylation is 1. The van der Waals surface area contributed by atoms with Crippen molar-refractivity contribution in [3.63, 3.8) is 0 Å². The molecule has 10 heteroatoms. The Labute approximate surface area is 240 Å². The second-order valence-electron chi connectivity index (χ2n) is 9.70. The topological polar surface area (TPSA) is 120 Å². The Morgan fingerprint density at radius 2 is 1.51 bits per heavy atom. The van der Waals surface area contributed by atoms with E-state index in [9.17, 15) is 18.0 Å². The molecule has 0 saturated carbocycles. The van der Waals surface area contributed by atoms with Gasteiger partial charge in [-0.3, -0.25) is 4.79 Å². The summed E-state index contributed by atoms with van der Waals surface area (Å²) in [5.41, 5.74) is 4.24. The number of aromatic nitrogens is 1. The van der Waals surface area contributed by atoms with E-state index in [0.717, 1.165) is 23.8 Å². The molecule has 3 amide bonds. The predicted octanol–water partition coefficient (Wildman–Crippen LogP) is 5.81. The minimum Gasteiger partial charge on any atom is -0.352 e. The smallest absolute Gasteiger partial charge is 0.323 e. The van der Waals surface area contributed by atoms with Gasteiger partial charge in [-0.1, -0.05) is 73.2 Å². The fourth-order valence-corrected chi connectivity index (χ4v) is 4.74. The standard InChI is InChI=1S/C31H33N5O4S/c1-4-18-36(21-23-10-6-5-7-11-23)29-20-25(33-31(38)32-24-16-14-22(2)15-17-24)19-28(34-29)26-12-8-9-13-27(26)30(37)35-41(3,39)40/h5-17,19-20H,4,18,21H2,1-3H3,(H,35,37)(H2,32,33,34,38). The molecule has 0 radical (unpaired) electrons. The number of pyridine rings is 1. The Balaban J connectivity index is 1.75. The van der Waals surface area contributed by atoms with Crippen molar-refractivity contribution in [1.29, 1.82) is 0 Å². The summed E-state index contributed by atoms with van der Waals surface area (Å²) in [6, 6.07) is 27.1. The maximum absolute atomic E-state index is 13.0. The first-order chi connectivity index (χ1) is 19.6. The fraction of sp³-hybridized carbons (Fsp3) is 0.194. The van der Waals surface area contributed by atoms with Crippen LogP contribution in [0.3, 0.4) is 0 Å². The van der Waals surface area contributed by atoms with E-state index in [1.54, 1.807) is 30.3 Å². The summed E-state index contributed by atoms with van der Waals surface area (Å²) < 4.78 is 25.6. The van der Waals surface area contributed by atoms with E-state index in [0.29, 0.717) is 41.5 Å². The molecule has 3 aromatic carbocycles. The van der Waals surface area contributed by atoms with Gasteiger partial charge in [0, 0.05) is 41.7 Å². The molecule has 0 saturated heterocycles. The Kier molecular flexibility index (Phi) is 9.36. The number of hydrogen-bond donors (Lipinski definition) is 3. The number of carbonyl (C=O) groups excluding carboxylic acids is 2. The molecule has 0 aliphatic rings. The zero-order valence-electron chi connectivity index (χ0n) is 23.2. The summed E-state index contributed by atoms with van der Waals surface area (Å²) in [4.78, 5) is 32.8. The van der Waals surface area contributed by atoms with E-state index in [1.165, 1.54) is 6.07 Å². The van der Waals surface area contributed by atoms with Gasteiger partial charge in [0.1, 0.15) is 5.82 Å². The number of nitrogens with one attached hydrogen (secondary N) is 3. The van der Waals surface area contributed by atoms with E-state index < -0.39 is 22.0 Å². The van der Waals surface area contributed by atoms with Crippen molar-refractivity contribution < 1.29 is 18.0 Å². The Morgan fingerprint density at radius 3 is 2.20 bits per heavy atom. The second kappa shape index (κ2) is 13.1. The number of rotatable bonds is 10. The van der Waals surface area contributed by atoms with Crippen molar-refractivity contribution in [3.05, 3.63) is 108 Å². The van der Waals surface area contributed by atoms with Gasteiger partial charge in [-0.25, -0.2) is 22.9 Å². The minimum atomic E-state index is -3.78. The van der Waals surface area contributed by atoms with Crippen molar-refractivity contribution in [1.82, 2.24) is 9.71 Å². The molecule has 41 heavy (non-hydrogen) atoms. The first kappa shape index (κ1) is 29.3. The molecule has 0 atom stereocenters. The van der Waals surface area contributed by atoms with Crippen molar-refractivity contribution in [2.24, 2.45) is 0 Å². The maximum Gasteiger partial charge on any atom is 0.323 e. The SMILES string of the molecule is CCCN(Cc1ccccc1)c1cc(NC(=O)Nc2ccc(C)cc2)cc(-c2ccccc2C(=O)NS(C)(=O)=O)n1. The molecule has 0 aliphatic heterocycles. The van der Waals surface area contributed by atoms with Crippen molar-refractivity contribution >= 4 is 39.2 Å². The molecule has 212 valence electrons. The highest BCUT2D eigenvalue weighted by molar-refractivity contribution is 7.89. The van der Waals surface area contributed by atoms with Crippen molar-refractivity contribution in [3.8, 4) is 11.3 Å². The molecular formula is C31H33N5O4S. The van der Waals surface area contributed by atoms with Gasteiger partial charge in [-0.05, 0) is 43.2 Å². The highest BCUT2D eigenvalue weighted by Crippen LogP contribution is 2.29. The third-order valence-electron chi connectivity index (χ3n) is 6.14. The number of amides is 3. The van der Waals surface area contributed by atoms with Crippen LogP contribution in [-0.2, 0) is 16.6 Å². The van der Waals surface area contributed by atoms with Crippen LogP contribution in [0.4, 0.5) is 22.0 Å². The number of carbonyl (C=O) groups is 2. The Hall–Kier alpha value is -4.70. The molecule has 9 nitrogen and oxygen atoms in total. The average molecular weight is 572 g/mol. The second-order valence-corrected chi connectivity index (χ2v) is 11.4. The number of anilines is 3. The average Bonchev–Trinajstić information content (AvgIpc) is 2.93. The maximum atomic E-state index is 13.0. The van der Waals surface area contributed by atoms with Crippen LogP contribution in [0.1, 0.15) is 34.8 Å². The zero-order valence-corrected chi connectivity index (χ0v) is 24.0.